The lowest BCUT2D eigenvalue weighted by Gasteiger charge is -2.37. The summed E-state index contributed by atoms with van der Waals surface area (Å²) in [5.74, 6) is -1.24. The summed E-state index contributed by atoms with van der Waals surface area (Å²) in [6.45, 7) is 13.8. The summed E-state index contributed by atoms with van der Waals surface area (Å²) in [5.41, 5.74) is 0.455. The van der Waals surface area contributed by atoms with Gasteiger partial charge in [-0.3, -0.25) is 24.0 Å². The van der Waals surface area contributed by atoms with Crippen LogP contribution in [0.25, 0.3) is 0 Å². The SMILES string of the molecule is CCC.CCCC(C(CC(=O)N1CCCC1C(OC)C(C)C(=O)NC(C)C(=O)c1ccc(OC)cc1)OC)N(C)C(=O)CNC(=O)C(NC)C(C)C.CO. The number of aliphatic hydroxyl groups is 1. The first-order chi connectivity index (χ1) is 25.7. The van der Waals surface area contributed by atoms with Gasteiger partial charge in [-0.25, -0.2) is 0 Å². The van der Waals surface area contributed by atoms with Crippen LogP contribution in [0.5, 0.6) is 5.75 Å². The maximum Gasteiger partial charge on any atom is 0.242 e. The van der Waals surface area contributed by atoms with Crippen molar-refractivity contribution in [1.82, 2.24) is 25.8 Å². The lowest BCUT2D eigenvalue weighted by atomic mass is 9.93. The first-order valence-corrected chi connectivity index (χ1v) is 19.2. The zero-order valence-corrected chi connectivity index (χ0v) is 35.2. The number of carbonyl (C=O) groups is 5. The number of ether oxygens (including phenoxy) is 3. The summed E-state index contributed by atoms with van der Waals surface area (Å²) in [4.78, 5) is 69.4. The number of likely N-dealkylation sites (N-methyl/N-ethyl adjacent to an activating group) is 2. The largest absolute Gasteiger partial charge is 0.497 e. The van der Waals surface area contributed by atoms with E-state index in [1.165, 1.54) is 20.6 Å². The lowest BCUT2D eigenvalue weighted by molar-refractivity contribution is -0.144. The van der Waals surface area contributed by atoms with E-state index >= 15 is 0 Å². The van der Waals surface area contributed by atoms with Crippen molar-refractivity contribution >= 4 is 29.4 Å². The van der Waals surface area contributed by atoms with Crippen LogP contribution in [-0.2, 0) is 28.7 Å². The van der Waals surface area contributed by atoms with E-state index in [0.29, 0.717) is 30.7 Å². The van der Waals surface area contributed by atoms with Gasteiger partial charge in [0.1, 0.15) is 5.75 Å². The Morgan fingerprint density at radius 2 is 1.54 bits per heavy atom. The smallest absolute Gasteiger partial charge is 0.242 e. The molecule has 310 valence electrons. The summed E-state index contributed by atoms with van der Waals surface area (Å²) in [6.07, 6.45) is 2.83. The van der Waals surface area contributed by atoms with Crippen molar-refractivity contribution in [1.29, 1.82) is 0 Å². The summed E-state index contributed by atoms with van der Waals surface area (Å²) in [6, 6.07) is 4.75. The topological polar surface area (TPSA) is 176 Å². The molecule has 0 saturated carbocycles. The van der Waals surface area contributed by atoms with Crippen LogP contribution in [0, 0.1) is 11.8 Å². The minimum atomic E-state index is -0.770. The number of hydrogen-bond acceptors (Lipinski definition) is 10. The normalized spacial score (nSPS) is 16.9. The van der Waals surface area contributed by atoms with Crippen LogP contribution >= 0.6 is 0 Å². The number of Topliss-reactive ketones (excluding diaryl/α,β-unsaturated/α-hetero) is 1. The predicted octanol–water partition coefficient (Wildman–Crippen LogP) is 3.44. The fraction of sp³-hybridized carbons (Fsp3) is 0.725. The summed E-state index contributed by atoms with van der Waals surface area (Å²) in [7, 11) is 8.98. The third-order valence-corrected chi connectivity index (χ3v) is 9.56. The zero-order chi connectivity index (χ0) is 41.5. The molecule has 1 heterocycles. The molecule has 0 aliphatic carbocycles. The van der Waals surface area contributed by atoms with Gasteiger partial charge in [-0.2, -0.15) is 0 Å². The van der Waals surface area contributed by atoms with Crippen molar-refractivity contribution < 1.29 is 43.3 Å². The molecule has 1 aromatic rings. The van der Waals surface area contributed by atoms with Gasteiger partial charge in [0.05, 0.1) is 62.4 Å². The zero-order valence-electron chi connectivity index (χ0n) is 35.2. The lowest BCUT2D eigenvalue weighted by Crippen LogP contribution is -2.54. The molecule has 4 N–H and O–H groups in total. The predicted molar refractivity (Wildman–Crippen MR) is 211 cm³/mol. The number of benzene rings is 1. The molecule has 0 bridgehead atoms. The molecular formula is C40H71N5O9. The van der Waals surface area contributed by atoms with Gasteiger partial charge in [0.2, 0.25) is 23.6 Å². The molecule has 1 aliphatic rings. The molecule has 0 aromatic heterocycles. The van der Waals surface area contributed by atoms with Crippen molar-refractivity contribution in [2.24, 2.45) is 11.8 Å². The van der Waals surface area contributed by atoms with Crippen molar-refractivity contribution in [3.8, 4) is 5.75 Å². The van der Waals surface area contributed by atoms with Gasteiger partial charge in [-0.05, 0) is 63.4 Å². The van der Waals surface area contributed by atoms with Gasteiger partial charge in [0, 0.05) is 40.5 Å². The molecule has 14 heteroatoms. The van der Waals surface area contributed by atoms with E-state index in [2.05, 4.69) is 29.8 Å². The molecule has 1 saturated heterocycles. The van der Waals surface area contributed by atoms with Crippen LogP contribution in [0.2, 0.25) is 0 Å². The number of methoxy groups -OCH3 is 3. The Kier molecular flexibility index (Phi) is 25.3. The standard InChI is InChI=1S/C36H59N5O8.C3H8.CH4O/c1-11-13-27(40(7)31(43)21-38-36(46)32(37-6)22(2)3)29(48-9)20-30(42)41-19-12-14-28(41)34(49-10)23(4)35(45)39-24(5)33(44)25-15-17-26(47-8)18-16-25;1-3-2;1-2/h15-18,22-24,27-29,32,34,37H,11-14,19-21H2,1-10H3,(H,38,46)(H,39,45);3H2,1-2H3;2H,1H3. The Morgan fingerprint density at radius 1 is 0.944 bits per heavy atom. The van der Waals surface area contributed by atoms with Crippen LogP contribution in [0.15, 0.2) is 24.3 Å². The molecule has 1 aliphatic heterocycles. The van der Waals surface area contributed by atoms with E-state index in [1.807, 2.05) is 20.8 Å². The molecule has 0 spiro atoms. The Hall–Kier alpha value is -3.59. The number of hydrogen-bond donors (Lipinski definition) is 4. The van der Waals surface area contributed by atoms with Crippen LogP contribution in [0.1, 0.15) is 97.3 Å². The molecule has 2 rings (SSSR count). The first-order valence-electron chi connectivity index (χ1n) is 19.2. The fourth-order valence-corrected chi connectivity index (χ4v) is 6.64. The number of nitrogens with zero attached hydrogens (tertiary/aromatic N) is 2. The van der Waals surface area contributed by atoms with Crippen molar-refractivity contribution in [3.63, 3.8) is 0 Å². The Morgan fingerprint density at radius 3 is 2.02 bits per heavy atom. The average molecular weight is 766 g/mol. The van der Waals surface area contributed by atoms with E-state index < -0.39 is 36.3 Å². The van der Waals surface area contributed by atoms with E-state index in [9.17, 15) is 24.0 Å². The van der Waals surface area contributed by atoms with E-state index in [0.717, 1.165) is 20.0 Å². The molecule has 1 aromatic carbocycles. The van der Waals surface area contributed by atoms with Gasteiger partial charge in [-0.1, -0.05) is 54.4 Å². The second kappa shape index (κ2) is 27.1. The molecule has 1 fully saturated rings. The molecule has 54 heavy (non-hydrogen) atoms. The highest BCUT2D eigenvalue weighted by atomic mass is 16.5. The number of likely N-dealkylation sites (tertiary alicyclic amines) is 1. The third-order valence-electron chi connectivity index (χ3n) is 9.56. The number of ketones is 1. The van der Waals surface area contributed by atoms with E-state index in [4.69, 9.17) is 19.3 Å². The summed E-state index contributed by atoms with van der Waals surface area (Å²) < 4.78 is 16.8. The number of carbonyl (C=O) groups excluding carboxylic acids is 5. The minimum absolute atomic E-state index is 0.0290. The highest BCUT2D eigenvalue weighted by Crippen LogP contribution is 2.28. The Labute approximate surface area is 324 Å². The van der Waals surface area contributed by atoms with Gasteiger partial charge < -0.3 is 45.1 Å². The molecule has 7 atom stereocenters. The highest BCUT2D eigenvalue weighted by Gasteiger charge is 2.41. The number of aliphatic hydroxyl groups excluding tert-OH is 1. The van der Waals surface area contributed by atoms with Crippen LogP contribution in [-0.4, -0.2) is 136 Å². The van der Waals surface area contributed by atoms with Crippen molar-refractivity contribution in [2.45, 2.75) is 123 Å². The second-order valence-corrected chi connectivity index (χ2v) is 13.9. The third kappa shape index (κ3) is 15.3. The number of nitrogens with one attached hydrogen (secondary N) is 3. The van der Waals surface area contributed by atoms with Crippen LogP contribution in [0.3, 0.4) is 0 Å². The Balaban J connectivity index is 0.00000533. The van der Waals surface area contributed by atoms with Crippen molar-refractivity contribution in [3.05, 3.63) is 29.8 Å². The number of rotatable bonds is 20. The summed E-state index contributed by atoms with van der Waals surface area (Å²) in [5, 5.41) is 15.5. The van der Waals surface area contributed by atoms with Gasteiger partial charge in [-0.15, -0.1) is 0 Å². The van der Waals surface area contributed by atoms with Gasteiger partial charge >= 0.3 is 0 Å². The fourth-order valence-electron chi connectivity index (χ4n) is 6.64. The maximum atomic E-state index is 13.9. The van der Waals surface area contributed by atoms with E-state index in [1.54, 1.807) is 69.1 Å². The summed E-state index contributed by atoms with van der Waals surface area (Å²) >= 11 is 0. The van der Waals surface area contributed by atoms with E-state index in [-0.39, 0.29) is 54.3 Å². The van der Waals surface area contributed by atoms with Gasteiger partial charge in [0.15, 0.2) is 5.78 Å². The Bertz CT molecular complexity index is 1260. The van der Waals surface area contributed by atoms with Crippen molar-refractivity contribution in [2.75, 3.05) is 55.6 Å². The second-order valence-electron chi connectivity index (χ2n) is 13.9. The van der Waals surface area contributed by atoms with Crippen LogP contribution < -0.4 is 20.7 Å². The molecule has 0 radical (unpaired) electrons. The minimum Gasteiger partial charge on any atom is -0.497 e. The molecule has 4 amide bonds. The average Bonchev–Trinajstić information content (AvgIpc) is 3.65. The maximum absolute atomic E-state index is 13.9. The molecule has 14 nitrogen and oxygen atoms in total. The quantitative estimate of drug-likeness (QED) is 0.144. The highest BCUT2D eigenvalue weighted by molar-refractivity contribution is 6.02. The number of amides is 4. The van der Waals surface area contributed by atoms with Gasteiger partial charge in [0.25, 0.3) is 0 Å². The molecule has 7 unspecified atom stereocenters. The monoisotopic (exact) mass is 766 g/mol. The first kappa shape index (κ1) is 50.4. The molecular weight excluding hydrogens is 694 g/mol. The van der Waals surface area contributed by atoms with Crippen LogP contribution in [0.4, 0.5) is 0 Å².